The number of aliphatic imine (C=N–C) groups is 2. The molecular weight excluding hydrogens is 510 g/mol. The lowest BCUT2D eigenvalue weighted by Gasteiger charge is -2.17. The van der Waals surface area contributed by atoms with E-state index < -0.39 is 0 Å². The number of para-hydroxylation sites is 2. The third-order valence-electron chi connectivity index (χ3n) is 5.68. The maximum absolute atomic E-state index is 10.1. The van der Waals surface area contributed by atoms with E-state index in [0.717, 1.165) is 28.6 Å². The molecule has 0 atom stereocenters. The van der Waals surface area contributed by atoms with Gasteiger partial charge >= 0.3 is 0 Å². The molecule has 39 heavy (non-hydrogen) atoms. The highest BCUT2D eigenvalue weighted by molar-refractivity contribution is 8.29. The highest BCUT2D eigenvalue weighted by atomic mass is 32.2. The first-order valence-corrected chi connectivity index (χ1v) is 12.8. The predicted molar refractivity (Wildman–Crippen MR) is 160 cm³/mol. The number of nitrogens with zero attached hydrogens (tertiary/aromatic N) is 5. The van der Waals surface area contributed by atoms with Crippen LogP contribution in [0.25, 0.3) is 0 Å². The summed E-state index contributed by atoms with van der Waals surface area (Å²) in [6.07, 6.45) is 1.52. The fourth-order valence-electron chi connectivity index (χ4n) is 3.70. The van der Waals surface area contributed by atoms with Crippen LogP contribution in [0, 0.1) is 0 Å². The van der Waals surface area contributed by atoms with E-state index in [1.807, 2.05) is 89.8 Å². The first-order chi connectivity index (χ1) is 19.1. The minimum Gasteiger partial charge on any atom is -0.507 e. The van der Waals surface area contributed by atoms with E-state index in [1.54, 1.807) is 32.4 Å². The van der Waals surface area contributed by atoms with Gasteiger partial charge in [-0.3, -0.25) is 4.90 Å². The summed E-state index contributed by atoms with van der Waals surface area (Å²) in [5.41, 5.74) is 2.89. The molecule has 8 nitrogen and oxygen atoms in total. The average molecular weight is 536 g/mol. The summed E-state index contributed by atoms with van der Waals surface area (Å²) in [6, 6.07) is 31.7. The molecule has 4 aromatic rings. The van der Waals surface area contributed by atoms with E-state index >= 15 is 0 Å². The summed E-state index contributed by atoms with van der Waals surface area (Å²) in [4.78, 5) is 11.8. The van der Waals surface area contributed by atoms with Crippen LogP contribution < -0.4 is 14.4 Å². The lowest BCUT2D eigenvalue weighted by molar-refractivity contribution is 0.415. The lowest BCUT2D eigenvalue weighted by atomic mass is 10.2. The average Bonchev–Trinajstić information content (AvgIpc) is 3.31. The van der Waals surface area contributed by atoms with E-state index in [9.17, 15) is 5.11 Å². The number of phenolic OH excluding ortho intramolecular Hbond substituents is 1. The maximum Gasteiger partial charge on any atom is 0.202 e. The van der Waals surface area contributed by atoms with Crippen LogP contribution in [-0.2, 0) is 0 Å². The normalized spacial score (nSPS) is 16.5. The lowest BCUT2D eigenvalue weighted by Crippen LogP contribution is -2.30. The number of benzene rings is 4. The Morgan fingerprint density at radius 3 is 1.92 bits per heavy atom. The number of anilines is 1. The monoisotopic (exact) mass is 535 g/mol. The van der Waals surface area contributed by atoms with Crippen LogP contribution in [0.4, 0.5) is 17.1 Å². The quantitative estimate of drug-likeness (QED) is 0.207. The van der Waals surface area contributed by atoms with Crippen LogP contribution in [0.5, 0.6) is 17.2 Å². The number of amidine groups is 2. The summed E-state index contributed by atoms with van der Waals surface area (Å²) in [6.45, 7) is 0. The van der Waals surface area contributed by atoms with Gasteiger partial charge in [-0.25, -0.2) is 9.98 Å². The summed E-state index contributed by atoms with van der Waals surface area (Å²) in [5, 5.41) is 20.1. The SMILES string of the molecule is COc1ccc(N=C2S/C(=N\N=C\c3ccccc3O)N(c3ccccc3)C2=Nc2ccc(OC)cc2)cc1. The molecule has 5 rings (SSSR count). The van der Waals surface area contributed by atoms with Crippen LogP contribution in [0.1, 0.15) is 5.56 Å². The Morgan fingerprint density at radius 2 is 1.31 bits per heavy atom. The minimum atomic E-state index is 0.129. The second-order valence-electron chi connectivity index (χ2n) is 8.21. The summed E-state index contributed by atoms with van der Waals surface area (Å²) in [5.74, 6) is 2.22. The fourth-order valence-corrected chi connectivity index (χ4v) is 4.62. The smallest absolute Gasteiger partial charge is 0.202 e. The highest BCUT2D eigenvalue weighted by Gasteiger charge is 2.35. The van der Waals surface area contributed by atoms with Gasteiger partial charge < -0.3 is 14.6 Å². The Kier molecular flexibility index (Phi) is 7.99. The van der Waals surface area contributed by atoms with Crippen LogP contribution in [0.3, 0.4) is 0 Å². The number of aromatic hydroxyl groups is 1. The molecule has 1 aliphatic rings. The zero-order valence-corrected chi connectivity index (χ0v) is 22.1. The standard InChI is InChI=1S/C30H25N5O3S/c1-37-25-16-12-22(13-17-25)32-28-29(33-23-14-18-26(38-2)19-15-23)39-30(35(28)24-9-4-3-5-10-24)34-31-20-21-8-6-7-11-27(21)36/h3-20,36H,1-2H3/b31-20+,32-28?,33-29?,34-30-. The van der Waals surface area contributed by atoms with Crippen LogP contribution >= 0.6 is 11.8 Å². The fraction of sp³-hybridized carbons (Fsp3) is 0.0667. The second kappa shape index (κ2) is 12.1. The molecule has 0 radical (unpaired) electrons. The van der Waals surface area contributed by atoms with Crippen molar-refractivity contribution in [2.24, 2.45) is 20.2 Å². The van der Waals surface area contributed by atoms with E-state index in [1.165, 1.54) is 18.0 Å². The molecular formula is C30H25N5O3S. The minimum absolute atomic E-state index is 0.129. The van der Waals surface area contributed by atoms with Gasteiger partial charge in [-0.1, -0.05) is 30.3 Å². The third kappa shape index (κ3) is 6.16. The Bertz CT molecular complexity index is 1550. The Hall–Kier alpha value is -4.89. The molecule has 1 N–H and O–H groups in total. The van der Waals surface area contributed by atoms with Gasteiger partial charge in [0.25, 0.3) is 0 Å². The van der Waals surface area contributed by atoms with Crippen molar-refractivity contribution in [3.63, 3.8) is 0 Å². The van der Waals surface area contributed by atoms with Crippen LogP contribution in [0.15, 0.2) is 123 Å². The van der Waals surface area contributed by atoms with Crippen molar-refractivity contribution in [3.05, 3.63) is 109 Å². The number of methoxy groups -OCH3 is 2. The van der Waals surface area contributed by atoms with Crippen molar-refractivity contribution in [1.82, 2.24) is 0 Å². The Balaban J connectivity index is 1.62. The molecule has 0 unspecified atom stereocenters. The maximum atomic E-state index is 10.1. The highest BCUT2D eigenvalue weighted by Crippen LogP contribution is 2.33. The Labute approximate surface area is 230 Å². The molecule has 1 heterocycles. The van der Waals surface area contributed by atoms with Gasteiger partial charge in [0, 0.05) is 11.3 Å². The topological polar surface area (TPSA) is 91.4 Å². The van der Waals surface area contributed by atoms with Crippen LogP contribution in [-0.4, -0.2) is 41.6 Å². The van der Waals surface area contributed by atoms with Crippen molar-refractivity contribution < 1.29 is 14.6 Å². The van der Waals surface area contributed by atoms with Gasteiger partial charge in [0.2, 0.25) is 5.17 Å². The number of ether oxygens (including phenoxy) is 2. The first-order valence-electron chi connectivity index (χ1n) is 12.0. The van der Waals surface area contributed by atoms with Gasteiger partial charge in [-0.15, -0.1) is 5.10 Å². The first kappa shape index (κ1) is 25.7. The summed E-state index contributed by atoms with van der Waals surface area (Å²) >= 11 is 1.36. The Morgan fingerprint density at radius 1 is 0.718 bits per heavy atom. The van der Waals surface area contributed by atoms with Crippen molar-refractivity contribution in [2.45, 2.75) is 0 Å². The summed E-state index contributed by atoms with van der Waals surface area (Å²) in [7, 11) is 3.26. The molecule has 0 aromatic heterocycles. The zero-order valence-electron chi connectivity index (χ0n) is 21.3. The van der Waals surface area contributed by atoms with E-state index in [-0.39, 0.29) is 5.75 Å². The molecule has 0 aliphatic carbocycles. The predicted octanol–water partition coefficient (Wildman–Crippen LogP) is 6.81. The number of hydrogen-bond donors (Lipinski definition) is 1. The number of thioether (sulfide) groups is 1. The number of phenols is 1. The molecule has 0 saturated carbocycles. The molecule has 0 amide bonds. The molecule has 0 bridgehead atoms. The molecule has 1 fully saturated rings. The van der Waals surface area contributed by atoms with Gasteiger partial charge in [0.05, 0.1) is 31.8 Å². The molecule has 0 spiro atoms. The summed E-state index contributed by atoms with van der Waals surface area (Å²) < 4.78 is 10.6. The van der Waals surface area contributed by atoms with Crippen molar-refractivity contribution in [2.75, 3.05) is 19.1 Å². The third-order valence-corrected chi connectivity index (χ3v) is 6.60. The zero-order chi connectivity index (χ0) is 27.0. The number of hydrogen-bond acceptors (Lipinski definition) is 8. The van der Waals surface area contributed by atoms with Gasteiger partial charge in [0.15, 0.2) is 5.84 Å². The van der Waals surface area contributed by atoms with Gasteiger partial charge in [-0.2, -0.15) is 5.10 Å². The number of rotatable bonds is 7. The van der Waals surface area contributed by atoms with Crippen molar-refractivity contribution in [1.29, 1.82) is 0 Å². The van der Waals surface area contributed by atoms with E-state index in [4.69, 9.17) is 19.5 Å². The van der Waals surface area contributed by atoms with E-state index in [2.05, 4.69) is 10.2 Å². The van der Waals surface area contributed by atoms with Crippen molar-refractivity contribution in [3.8, 4) is 17.2 Å². The molecule has 4 aromatic carbocycles. The molecule has 194 valence electrons. The van der Waals surface area contributed by atoms with Gasteiger partial charge in [0.1, 0.15) is 22.3 Å². The van der Waals surface area contributed by atoms with E-state index in [0.29, 0.717) is 21.6 Å². The second-order valence-corrected chi connectivity index (χ2v) is 9.16. The van der Waals surface area contributed by atoms with Gasteiger partial charge in [-0.05, 0) is 84.6 Å². The van der Waals surface area contributed by atoms with Crippen LogP contribution in [0.2, 0.25) is 0 Å². The molecule has 1 saturated heterocycles. The molecule has 1 aliphatic heterocycles. The molecule has 9 heteroatoms. The van der Waals surface area contributed by atoms with Crippen molar-refractivity contribution >= 4 is 51.1 Å². The largest absolute Gasteiger partial charge is 0.507 e.